The van der Waals surface area contributed by atoms with Gasteiger partial charge < -0.3 is 34.4 Å². The third kappa shape index (κ3) is 7.20. The van der Waals surface area contributed by atoms with E-state index in [-0.39, 0.29) is 55.9 Å². The van der Waals surface area contributed by atoms with E-state index in [1.807, 2.05) is 24.3 Å². The Morgan fingerprint density at radius 1 is 1.15 bits per heavy atom. The molecule has 0 bridgehead atoms. The van der Waals surface area contributed by atoms with Crippen LogP contribution in [0.3, 0.4) is 0 Å². The molecular formula is C29H29FN8O8. The molecule has 2 aromatic carbocycles. The van der Waals surface area contributed by atoms with Crippen molar-refractivity contribution in [2.45, 2.75) is 45.4 Å². The van der Waals surface area contributed by atoms with Crippen molar-refractivity contribution in [3.63, 3.8) is 0 Å². The number of nitrogens with one attached hydrogen (secondary N) is 1. The van der Waals surface area contributed by atoms with Crippen molar-refractivity contribution in [2.75, 3.05) is 24.6 Å². The Bertz CT molecular complexity index is 1740. The van der Waals surface area contributed by atoms with Crippen molar-refractivity contribution >= 4 is 23.5 Å². The highest BCUT2D eigenvalue weighted by Gasteiger charge is 2.33. The molecule has 6 rings (SSSR count). The summed E-state index contributed by atoms with van der Waals surface area (Å²) in [5.74, 6) is -1.16. The zero-order valence-electron chi connectivity index (χ0n) is 24.6. The fourth-order valence-electron chi connectivity index (χ4n) is 4.91. The first-order valence-corrected chi connectivity index (χ1v) is 14.3. The number of hydrogen-bond acceptors (Lipinski definition) is 11. The first kappa shape index (κ1) is 30.4. The van der Waals surface area contributed by atoms with Gasteiger partial charge in [-0.05, 0) is 28.2 Å². The molecule has 1 saturated heterocycles. The maximum absolute atomic E-state index is 14.8. The summed E-state index contributed by atoms with van der Waals surface area (Å²) < 4.78 is 40.3. The Balaban J connectivity index is 0.960. The Morgan fingerprint density at radius 2 is 1.96 bits per heavy atom. The van der Waals surface area contributed by atoms with E-state index in [0.29, 0.717) is 31.1 Å². The van der Waals surface area contributed by atoms with Gasteiger partial charge in [-0.3, -0.25) is 14.3 Å². The van der Waals surface area contributed by atoms with Gasteiger partial charge >= 0.3 is 17.9 Å². The quantitative estimate of drug-likeness (QED) is 0.179. The predicted molar refractivity (Wildman–Crippen MR) is 156 cm³/mol. The van der Waals surface area contributed by atoms with Crippen molar-refractivity contribution in [3.8, 4) is 11.8 Å². The van der Waals surface area contributed by atoms with Crippen LogP contribution in [-0.2, 0) is 40.6 Å². The lowest BCUT2D eigenvalue weighted by atomic mass is 10.1. The molecule has 0 spiro atoms. The van der Waals surface area contributed by atoms with Crippen molar-refractivity contribution < 1.29 is 37.9 Å². The monoisotopic (exact) mass is 636 g/mol. The highest BCUT2D eigenvalue weighted by atomic mass is 19.1. The highest BCUT2D eigenvalue weighted by Crippen LogP contribution is 2.28. The number of carbonyl (C=O) groups excluding carboxylic acids is 2. The second-order valence-electron chi connectivity index (χ2n) is 10.7. The summed E-state index contributed by atoms with van der Waals surface area (Å²) >= 11 is 0. The first-order chi connectivity index (χ1) is 22.2. The van der Waals surface area contributed by atoms with Crippen LogP contribution in [0.1, 0.15) is 23.7 Å². The predicted octanol–water partition coefficient (Wildman–Crippen LogP) is 2.59. The number of halogens is 1. The average Bonchev–Trinajstić information content (AvgIpc) is 3.77. The minimum absolute atomic E-state index is 0.00922. The lowest BCUT2D eigenvalue weighted by molar-refractivity contribution is -0.389. The molecule has 1 N–H and O–H groups in total. The fraction of sp³-hybridized carbons (Fsp3) is 0.345. The Morgan fingerprint density at radius 3 is 2.72 bits per heavy atom. The average molecular weight is 637 g/mol. The minimum Gasteiger partial charge on any atom is -0.484 e. The van der Waals surface area contributed by atoms with Crippen LogP contribution >= 0.6 is 0 Å². The molecule has 2 aliphatic heterocycles. The number of anilines is 1. The van der Waals surface area contributed by atoms with Crippen LogP contribution in [0.4, 0.5) is 20.7 Å². The third-order valence-corrected chi connectivity index (χ3v) is 7.21. The van der Waals surface area contributed by atoms with Gasteiger partial charge in [0.15, 0.2) is 11.6 Å². The number of cyclic esters (lactones) is 1. The van der Waals surface area contributed by atoms with Gasteiger partial charge in [0.1, 0.15) is 37.3 Å². The van der Waals surface area contributed by atoms with E-state index in [9.17, 15) is 24.1 Å². The zero-order chi connectivity index (χ0) is 32.2. The van der Waals surface area contributed by atoms with E-state index >= 15 is 0 Å². The molecule has 2 aliphatic rings. The second-order valence-corrected chi connectivity index (χ2v) is 10.7. The normalized spacial score (nSPS) is 17.3. The fourth-order valence-corrected chi connectivity index (χ4v) is 4.91. The molecule has 2 unspecified atom stereocenters. The number of amides is 2. The van der Waals surface area contributed by atoms with E-state index in [2.05, 4.69) is 20.6 Å². The van der Waals surface area contributed by atoms with Crippen LogP contribution < -0.4 is 19.7 Å². The van der Waals surface area contributed by atoms with Crippen molar-refractivity contribution in [2.24, 2.45) is 0 Å². The largest absolute Gasteiger partial charge is 0.484 e. The topological polar surface area (TPSA) is 178 Å². The van der Waals surface area contributed by atoms with E-state index in [1.165, 1.54) is 30.2 Å². The van der Waals surface area contributed by atoms with Crippen LogP contribution in [0, 0.1) is 15.9 Å². The molecule has 4 aromatic rings. The smallest absolute Gasteiger partial charge is 0.414 e. The molecule has 4 heterocycles. The SMILES string of the molecule is CC(=O)NCC1CN(c2ccc(OCc3cn(Cc4ccc(COC5COc6nc([N+](=O)[O-])cn6C5)cc4)nn3)c(F)c2)C(=O)O1. The van der Waals surface area contributed by atoms with Crippen LogP contribution in [0.25, 0.3) is 0 Å². The Kier molecular flexibility index (Phi) is 8.73. The molecule has 240 valence electrons. The molecule has 2 atom stereocenters. The summed E-state index contributed by atoms with van der Waals surface area (Å²) in [5.41, 5.74) is 2.73. The van der Waals surface area contributed by atoms with Gasteiger partial charge in [0.05, 0.1) is 44.7 Å². The summed E-state index contributed by atoms with van der Waals surface area (Å²) in [6.45, 7) is 3.14. The molecule has 0 radical (unpaired) electrons. The van der Waals surface area contributed by atoms with E-state index in [1.54, 1.807) is 21.5 Å². The number of fused-ring (bicyclic) bond motifs is 1. The molecule has 0 saturated carbocycles. The van der Waals surface area contributed by atoms with Gasteiger partial charge in [0, 0.05) is 18.0 Å². The molecular weight excluding hydrogens is 607 g/mol. The summed E-state index contributed by atoms with van der Waals surface area (Å²) in [7, 11) is 0. The number of hydrogen-bond donors (Lipinski definition) is 1. The van der Waals surface area contributed by atoms with Gasteiger partial charge in [0.2, 0.25) is 5.91 Å². The van der Waals surface area contributed by atoms with Crippen LogP contribution in [-0.4, -0.2) is 73.4 Å². The van der Waals surface area contributed by atoms with E-state index in [0.717, 1.165) is 11.1 Å². The summed E-state index contributed by atoms with van der Waals surface area (Å²) in [4.78, 5) is 38.8. The maximum Gasteiger partial charge on any atom is 0.414 e. The standard InChI is InChI=1S/C29H29FN8O8/c1-18(39)31-9-23-13-37(29(40)46-23)22-6-7-26(25(30)8-22)44-16-21-11-36(34-33-21)10-19-2-4-20(5-3-19)15-43-24-12-35-14-27(38(41)42)32-28(35)45-17-24/h2-8,11,14,23-24H,9-10,12-13,15-17H2,1H3,(H,31,39). The van der Waals surface area contributed by atoms with E-state index in [4.69, 9.17) is 18.9 Å². The molecule has 16 nitrogen and oxygen atoms in total. The van der Waals surface area contributed by atoms with Crippen molar-refractivity contribution in [1.29, 1.82) is 0 Å². The lowest BCUT2D eigenvalue weighted by Crippen LogP contribution is -2.33. The van der Waals surface area contributed by atoms with Gasteiger partial charge in [-0.1, -0.05) is 29.5 Å². The first-order valence-electron chi connectivity index (χ1n) is 14.3. The Labute approximate surface area is 260 Å². The third-order valence-electron chi connectivity index (χ3n) is 7.21. The van der Waals surface area contributed by atoms with Crippen molar-refractivity contribution in [1.82, 2.24) is 29.9 Å². The lowest BCUT2D eigenvalue weighted by Gasteiger charge is -2.22. The van der Waals surface area contributed by atoms with Gasteiger partial charge in [-0.15, -0.1) is 5.10 Å². The number of rotatable bonds is 12. The maximum atomic E-state index is 14.8. The molecule has 2 aromatic heterocycles. The molecule has 46 heavy (non-hydrogen) atoms. The van der Waals surface area contributed by atoms with Crippen LogP contribution in [0.2, 0.25) is 0 Å². The van der Waals surface area contributed by atoms with Crippen molar-refractivity contribution in [3.05, 3.63) is 87.6 Å². The van der Waals surface area contributed by atoms with Crippen LogP contribution in [0.5, 0.6) is 11.8 Å². The molecule has 0 aliphatic carbocycles. The Hall–Kier alpha value is -5.58. The number of nitro groups is 1. The zero-order valence-corrected chi connectivity index (χ0v) is 24.6. The minimum atomic E-state index is -0.654. The summed E-state index contributed by atoms with van der Waals surface area (Å²) in [6.07, 6.45) is 1.61. The number of ether oxygens (including phenoxy) is 4. The highest BCUT2D eigenvalue weighted by molar-refractivity contribution is 5.90. The van der Waals surface area contributed by atoms with Gasteiger partial charge in [-0.2, -0.15) is 0 Å². The summed E-state index contributed by atoms with van der Waals surface area (Å²) in [6, 6.07) is 12.1. The van der Waals surface area contributed by atoms with Crippen LogP contribution in [0.15, 0.2) is 54.9 Å². The number of benzene rings is 2. The van der Waals surface area contributed by atoms with Gasteiger partial charge in [0.25, 0.3) is 0 Å². The van der Waals surface area contributed by atoms with Gasteiger partial charge in [-0.25, -0.2) is 13.9 Å². The molecule has 1 fully saturated rings. The molecule has 2 amide bonds. The molecule has 17 heteroatoms. The number of nitrogens with zero attached hydrogens (tertiary/aromatic N) is 7. The number of imidazole rings is 1. The van der Waals surface area contributed by atoms with E-state index < -0.39 is 22.9 Å². The second kappa shape index (κ2) is 13.2. The summed E-state index contributed by atoms with van der Waals surface area (Å²) in [5, 5.41) is 21.8. The number of aromatic nitrogens is 5. The number of carbonyl (C=O) groups is 2.